The summed E-state index contributed by atoms with van der Waals surface area (Å²) in [6.45, 7) is 0. The molecule has 0 saturated heterocycles. The predicted molar refractivity (Wildman–Crippen MR) is 151 cm³/mol. The lowest BCUT2D eigenvalue weighted by Gasteiger charge is -2.44. The molecule has 5 rings (SSSR count). The molecule has 2 aromatic carbocycles. The van der Waals surface area contributed by atoms with Gasteiger partial charge in [-0.1, -0.05) is 48.0 Å². The quantitative estimate of drug-likeness (QED) is 0.270. The first-order valence-corrected chi connectivity index (χ1v) is 13.9. The van der Waals surface area contributed by atoms with Crippen molar-refractivity contribution >= 4 is 46.3 Å². The first-order chi connectivity index (χ1) is 20.0. The van der Waals surface area contributed by atoms with Gasteiger partial charge in [-0.05, 0) is 41.6 Å². The molecule has 1 aromatic heterocycles. The fourth-order valence-electron chi connectivity index (χ4n) is 5.62. The van der Waals surface area contributed by atoms with Crippen LogP contribution in [0.5, 0.6) is 0 Å². The molecular weight excluding hydrogens is 593 g/mol. The highest BCUT2D eigenvalue weighted by atomic mass is 35.5. The van der Waals surface area contributed by atoms with Gasteiger partial charge >= 0.3 is 18.1 Å². The fourth-order valence-corrected chi connectivity index (χ4v) is 6.67. The Morgan fingerprint density at radius 1 is 1.05 bits per heavy atom. The monoisotopic (exact) mass is 616 g/mol. The summed E-state index contributed by atoms with van der Waals surface area (Å²) in [5.74, 6) is -5.66. The van der Waals surface area contributed by atoms with Crippen molar-refractivity contribution in [1.29, 1.82) is 0 Å². The third-order valence-electron chi connectivity index (χ3n) is 7.47. The first-order valence-electron chi connectivity index (χ1n) is 12.7. The van der Waals surface area contributed by atoms with Crippen LogP contribution in [0, 0.1) is 5.92 Å². The number of nitrogens with zero attached hydrogens (tertiary/aromatic N) is 1. The molecule has 218 valence electrons. The van der Waals surface area contributed by atoms with Gasteiger partial charge in [0, 0.05) is 22.1 Å². The normalized spacial score (nSPS) is 20.9. The largest absolute Gasteiger partial charge is 0.468 e. The van der Waals surface area contributed by atoms with Crippen LogP contribution in [0.25, 0.3) is 0 Å². The number of rotatable bonds is 5. The minimum Gasteiger partial charge on any atom is -0.468 e. The number of hydrogen-bond acceptors (Lipinski definition) is 8. The van der Waals surface area contributed by atoms with Crippen molar-refractivity contribution in [3.05, 3.63) is 110 Å². The van der Waals surface area contributed by atoms with Gasteiger partial charge in [0.2, 0.25) is 0 Å². The zero-order valence-electron chi connectivity index (χ0n) is 22.3. The number of nitrogens with two attached hydrogens (primary N) is 1. The summed E-state index contributed by atoms with van der Waals surface area (Å²) < 4.78 is 51.6. The summed E-state index contributed by atoms with van der Waals surface area (Å²) in [6, 6.07) is 14.9. The summed E-state index contributed by atoms with van der Waals surface area (Å²) in [4.78, 5) is 42.7. The maximum Gasteiger partial charge on any atom is 0.416 e. The third kappa shape index (κ3) is 4.96. The van der Waals surface area contributed by atoms with Crippen molar-refractivity contribution < 1.29 is 37.0 Å². The Kier molecular flexibility index (Phi) is 7.91. The Morgan fingerprint density at radius 3 is 2.36 bits per heavy atom. The van der Waals surface area contributed by atoms with Crippen LogP contribution in [0.2, 0.25) is 5.02 Å². The van der Waals surface area contributed by atoms with Gasteiger partial charge < -0.3 is 15.2 Å². The van der Waals surface area contributed by atoms with Crippen LogP contribution in [0.3, 0.4) is 0 Å². The number of benzene rings is 2. The molecule has 0 unspecified atom stereocenters. The van der Waals surface area contributed by atoms with Crippen LogP contribution >= 0.6 is 22.9 Å². The summed E-state index contributed by atoms with van der Waals surface area (Å²) in [5, 5.41) is 1.64. The number of allylic oxidation sites excluding steroid dienone is 2. The van der Waals surface area contributed by atoms with E-state index in [2.05, 4.69) is 0 Å². The number of carbonyl (C=O) groups is 3. The molecule has 2 aliphatic rings. The SMILES string of the molecule is COC(=O)C1=C(N)N(c2cc(C(F)(F)F)ccc2Cl)C2=C(C(=O)[C@@H](C(=O)OC)[C@@H](c3ccccc3)C2)[C@@H]1c1cccs1. The summed E-state index contributed by atoms with van der Waals surface area (Å²) in [6.07, 6.45) is -4.73. The molecular formula is C30H24ClF3N2O5S. The van der Waals surface area contributed by atoms with Gasteiger partial charge in [-0.25, -0.2) is 4.79 Å². The number of carbonyl (C=O) groups excluding carboxylic acids is 3. The first kappa shape index (κ1) is 29.4. The van der Waals surface area contributed by atoms with Crippen LogP contribution in [0.1, 0.15) is 34.3 Å². The number of hydrogen-bond donors (Lipinski definition) is 1. The molecule has 42 heavy (non-hydrogen) atoms. The highest BCUT2D eigenvalue weighted by molar-refractivity contribution is 7.10. The zero-order valence-corrected chi connectivity index (χ0v) is 23.8. The maximum atomic E-state index is 14.5. The van der Waals surface area contributed by atoms with Crippen LogP contribution in [0.15, 0.2) is 88.7 Å². The molecule has 0 bridgehead atoms. The van der Waals surface area contributed by atoms with Gasteiger partial charge in [-0.2, -0.15) is 13.2 Å². The third-order valence-corrected chi connectivity index (χ3v) is 8.73. The number of esters is 2. The Bertz CT molecular complexity index is 1620. The Balaban J connectivity index is 1.85. The number of methoxy groups -OCH3 is 2. The maximum absolute atomic E-state index is 14.5. The molecule has 0 fully saturated rings. The summed E-state index contributed by atoms with van der Waals surface area (Å²) in [5.41, 5.74) is 6.18. The summed E-state index contributed by atoms with van der Waals surface area (Å²) >= 11 is 7.73. The summed E-state index contributed by atoms with van der Waals surface area (Å²) in [7, 11) is 2.30. The number of alkyl halides is 3. The predicted octanol–water partition coefficient (Wildman–Crippen LogP) is 6.17. The zero-order chi connectivity index (χ0) is 30.3. The molecule has 1 aliphatic carbocycles. The second-order valence-electron chi connectivity index (χ2n) is 9.69. The van der Waals surface area contributed by atoms with E-state index in [1.165, 1.54) is 23.3 Å². The average Bonchev–Trinajstić information content (AvgIpc) is 3.51. The lowest BCUT2D eigenvalue weighted by molar-refractivity contribution is -0.150. The van der Waals surface area contributed by atoms with E-state index in [9.17, 15) is 27.6 Å². The van der Waals surface area contributed by atoms with E-state index in [1.807, 2.05) is 0 Å². The molecule has 0 radical (unpaired) electrons. The van der Waals surface area contributed by atoms with E-state index in [1.54, 1.807) is 47.8 Å². The molecule has 3 atom stereocenters. The molecule has 1 aliphatic heterocycles. The van der Waals surface area contributed by atoms with E-state index in [0.717, 1.165) is 25.3 Å². The Morgan fingerprint density at radius 2 is 1.76 bits per heavy atom. The van der Waals surface area contributed by atoms with Crippen LogP contribution in [-0.4, -0.2) is 31.9 Å². The Hall–Kier alpha value is -4.09. The van der Waals surface area contributed by atoms with Gasteiger partial charge in [-0.3, -0.25) is 14.5 Å². The van der Waals surface area contributed by atoms with E-state index in [-0.39, 0.29) is 39.8 Å². The van der Waals surface area contributed by atoms with E-state index in [0.29, 0.717) is 10.4 Å². The minimum absolute atomic E-state index is 0.00550. The fraction of sp³-hybridized carbons (Fsp3) is 0.233. The van der Waals surface area contributed by atoms with Crippen molar-refractivity contribution in [2.24, 2.45) is 11.7 Å². The van der Waals surface area contributed by atoms with E-state index in [4.69, 9.17) is 26.8 Å². The second-order valence-corrected chi connectivity index (χ2v) is 11.1. The highest BCUT2D eigenvalue weighted by Gasteiger charge is 2.51. The topological polar surface area (TPSA) is 98.9 Å². The van der Waals surface area contributed by atoms with Crippen molar-refractivity contribution in [2.45, 2.75) is 24.4 Å². The van der Waals surface area contributed by atoms with Gasteiger partial charge in [0.25, 0.3) is 0 Å². The number of Topliss-reactive ketones (excluding diaryl/α,β-unsaturated/α-hetero) is 1. The number of halogens is 4. The van der Waals surface area contributed by atoms with Gasteiger partial charge in [-0.15, -0.1) is 11.3 Å². The molecule has 3 aromatic rings. The second kappa shape index (κ2) is 11.3. The average molecular weight is 617 g/mol. The molecule has 2 heterocycles. The molecule has 0 amide bonds. The minimum atomic E-state index is -4.72. The van der Waals surface area contributed by atoms with Crippen molar-refractivity contribution in [3.63, 3.8) is 0 Å². The van der Waals surface area contributed by atoms with Crippen LogP contribution in [-0.2, 0) is 30.0 Å². The number of ether oxygens (including phenoxy) is 2. The van der Waals surface area contributed by atoms with Gasteiger partial charge in [0.15, 0.2) is 5.78 Å². The lowest BCUT2D eigenvalue weighted by Crippen LogP contribution is -2.46. The molecule has 7 nitrogen and oxygen atoms in total. The molecule has 0 saturated carbocycles. The molecule has 12 heteroatoms. The van der Waals surface area contributed by atoms with Crippen molar-refractivity contribution in [2.75, 3.05) is 19.1 Å². The van der Waals surface area contributed by atoms with Gasteiger partial charge in [0.1, 0.15) is 11.7 Å². The van der Waals surface area contributed by atoms with E-state index >= 15 is 0 Å². The number of anilines is 1. The molecule has 0 spiro atoms. The van der Waals surface area contributed by atoms with E-state index < -0.39 is 47.2 Å². The van der Waals surface area contributed by atoms with Crippen molar-refractivity contribution in [1.82, 2.24) is 0 Å². The van der Waals surface area contributed by atoms with Crippen LogP contribution in [0.4, 0.5) is 18.9 Å². The Labute approximate surface area is 248 Å². The van der Waals surface area contributed by atoms with Gasteiger partial charge in [0.05, 0.1) is 42.0 Å². The number of thiophene rings is 1. The smallest absolute Gasteiger partial charge is 0.416 e. The van der Waals surface area contributed by atoms with Crippen LogP contribution < -0.4 is 10.6 Å². The van der Waals surface area contributed by atoms with Crippen molar-refractivity contribution in [3.8, 4) is 0 Å². The molecule has 2 N–H and O–H groups in total. The highest BCUT2D eigenvalue weighted by Crippen LogP contribution is 2.53. The standard InChI is InChI=1S/C30H24ClF3N2O5S/c1-40-28(38)22-17(15-7-4-3-5-8-15)14-20-23(26(22)37)24(21-9-6-12-42-21)25(29(39)41-2)27(35)36(20)19-13-16(30(32,33)34)10-11-18(19)31/h3-13,17,22,24H,14,35H2,1-2H3/t17-,22+,24+/m1/s1. The number of ketones is 1. The lowest BCUT2D eigenvalue weighted by atomic mass is 9.68.